The maximum atomic E-state index is 13.2. The van der Waals surface area contributed by atoms with Crippen molar-refractivity contribution < 1.29 is 14.4 Å². The Morgan fingerprint density at radius 2 is 1.47 bits per heavy atom. The summed E-state index contributed by atoms with van der Waals surface area (Å²) < 4.78 is 0. The molecule has 4 rings (SSSR count). The molecule has 4 amide bonds. The lowest BCUT2D eigenvalue weighted by Crippen LogP contribution is -2.41. The predicted octanol–water partition coefficient (Wildman–Crippen LogP) is 3.82. The first-order chi connectivity index (χ1) is 15.5. The molecule has 1 heterocycles. The van der Waals surface area contributed by atoms with Crippen molar-refractivity contribution in [3.05, 3.63) is 107 Å². The van der Waals surface area contributed by atoms with E-state index in [9.17, 15) is 14.4 Å². The molecule has 1 unspecified atom stereocenters. The summed E-state index contributed by atoms with van der Waals surface area (Å²) in [5.41, 5.74) is 3.74. The SMILES string of the molecule is Cc1ccc(CNC(=O)CN2C(=O)C(c3ccccc3)N(Cc3ccccc3)C2=O)cc1. The maximum absolute atomic E-state index is 13.2. The Bertz CT molecular complexity index is 1100. The molecule has 1 aliphatic rings. The number of hydrogen-bond acceptors (Lipinski definition) is 3. The average Bonchev–Trinajstić information content (AvgIpc) is 3.04. The van der Waals surface area contributed by atoms with Gasteiger partial charge in [-0.05, 0) is 23.6 Å². The molecule has 32 heavy (non-hydrogen) atoms. The van der Waals surface area contributed by atoms with E-state index in [4.69, 9.17) is 0 Å². The van der Waals surface area contributed by atoms with E-state index >= 15 is 0 Å². The summed E-state index contributed by atoms with van der Waals surface area (Å²) in [5.74, 6) is -0.761. The van der Waals surface area contributed by atoms with Gasteiger partial charge in [-0.2, -0.15) is 0 Å². The minimum Gasteiger partial charge on any atom is -0.350 e. The number of rotatable bonds is 7. The minimum absolute atomic E-state index is 0.284. The van der Waals surface area contributed by atoms with Crippen molar-refractivity contribution in [2.45, 2.75) is 26.1 Å². The van der Waals surface area contributed by atoms with Gasteiger partial charge in [0.25, 0.3) is 5.91 Å². The summed E-state index contributed by atoms with van der Waals surface area (Å²) in [5, 5.41) is 2.80. The quantitative estimate of drug-likeness (QED) is 0.583. The first-order valence-electron chi connectivity index (χ1n) is 10.6. The second kappa shape index (κ2) is 9.47. The van der Waals surface area contributed by atoms with Crippen molar-refractivity contribution >= 4 is 17.8 Å². The highest BCUT2D eigenvalue weighted by Crippen LogP contribution is 2.32. The lowest BCUT2D eigenvalue weighted by Gasteiger charge is -2.22. The molecule has 1 atom stereocenters. The van der Waals surface area contributed by atoms with Crippen LogP contribution in [0.25, 0.3) is 0 Å². The summed E-state index contributed by atoms with van der Waals surface area (Å²) in [7, 11) is 0. The van der Waals surface area contributed by atoms with Crippen LogP contribution in [0.1, 0.15) is 28.3 Å². The second-order valence-corrected chi connectivity index (χ2v) is 7.90. The van der Waals surface area contributed by atoms with E-state index in [1.807, 2.05) is 91.9 Å². The van der Waals surface area contributed by atoms with Gasteiger partial charge >= 0.3 is 6.03 Å². The summed E-state index contributed by atoms with van der Waals surface area (Å²) in [4.78, 5) is 41.6. The Kier molecular flexibility index (Phi) is 6.31. The van der Waals surface area contributed by atoms with E-state index in [-0.39, 0.29) is 24.9 Å². The van der Waals surface area contributed by atoms with Gasteiger partial charge < -0.3 is 10.2 Å². The summed E-state index contributed by atoms with van der Waals surface area (Å²) in [6.45, 7) is 2.31. The molecule has 0 aromatic heterocycles. The molecule has 162 valence electrons. The van der Waals surface area contributed by atoms with Crippen molar-refractivity contribution in [3.8, 4) is 0 Å². The van der Waals surface area contributed by atoms with E-state index in [1.165, 1.54) is 4.90 Å². The van der Waals surface area contributed by atoms with Gasteiger partial charge in [0, 0.05) is 13.1 Å². The summed E-state index contributed by atoms with van der Waals surface area (Å²) >= 11 is 0. The Hall–Kier alpha value is -3.93. The number of amides is 4. The van der Waals surface area contributed by atoms with Crippen molar-refractivity contribution in [1.82, 2.24) is 15.1 Å². The Morgan fingerprint density at radius 3 is 2.12 bits per heavy atom. The van der Waals surface area contributed by atoms with Crippen LogP contribution in [0.4, 0.5) is 4.79 Å². The molecule has 0 saturated carbocycles. The Morgan fingerprint density at radius 1 is 0.844 bits per heavy atom. The third-order valence-corrected chi connectivity index (χ3v) is 5.51. The number of carbonyl (C=O) groups is 3. The van der Waals surface area contributed by atoms with Gasteiger partial charge in [-0.1, -0.05) is 90.5 Å². The number of nitrogens with one attached hydrogen (secondary N) is 1. The minimum atomic E-state index is -0.756. The van der Waals surface area contributed by atoms with Gasteiger partial charge in [0.2, 0.25) is 5.91 Å². The molecule has 1 N–H and O–H groups in total. The number of imide groups is 1. The molecule has 0 aliphatic carbocycles. The Labute approximate surface area is 187 Å². The van der Waals surface area contributed by atoms with Gasteiger partial charge in [-0.15, -0.1) is 0 Å². The number of nitrogens with zero attached hydrogens (tertiary/aromatic N) is 2. The van der Waals surface area contributed by atoms with E-state index < -0.39 is 12.1 Å². The third kappa shape index (κ3) is 4.70. The molecule has 1 saturated heterocycles. The number of urea groups is 1. The van der Waals surface area contributed by atoms with Crippen molar-refractivity contribution in [3.63, 3.8) is 0 Å². The van der Waals surface area contributed by atoms with Crippen LogP contribution in [0.5, 0.6) is 0 Å². The van der Waals surface area contributed by atoms with Crippen LogP contribution in [0, 0.1) is 6.92 Å². The zero-order valence-corrected chi connectivity index (χ0v) is 17.9. The van der Waals surface area contributed by atoms with Crippen LogP contribution in [-0.4, -0.2) is 34.2 Å². The Balaban J connectivity index is 1.50. The number of benzene rings is 3. The summed E-state index contributed by atoms with van der Waals surface area (Å²) in [6.07, 6.45) is 0. The zero-order chi connectivity index (χ0) is 22.5. The molecular formula is C26H25N3O3. The number of hydrogen-bond donors (Lipinski definition) is 1. The van der Waals surface area contributed by atoms with Crippen molar-refractivity contribution in [2.75, 3.05) is 6.54 Å². The van der Waals surface area contributed by atoms with Crippen LogP contribution in [-0.2, 0) is 22.7 Å². The van der Waals surface area contributed by atoms with E-state index in [0.29, 0.717) is 6.54 Å². The number of carbonyl (C=O) groups excluding carboxylic acids is 3. The number of aryl methyl sites for hydroxylation is 1. The monoisotopic (exact) mass is 427 g/mol. The fraction of sp³-hybridized carbons (Fsp3) is 0.192. The van der Waals surface area contributed by atoms with Gasteiger partial charge in [-0.25, -0.2) is 4.79 Å². The van der Waals surface area contributed by atoms with Gasteiger partial charge in [0.15, 0.2) is 0 Å². The molecular weight excluding hydrogens is 402 g/mol. The average molecular weight is 428 g/mol. The zero-order valence-electron chi connectivity index (χ0n) is 17.9. The normalized spacial score (nSPS) is 15.8. The highest BCUT2D eigenvalue weighted by Gasteiger charge is 2.46. The van der Waals surface area contributed by atoms with Crippen LogP contribution in [0.3, 0.4) is 0 Å². The van der Waals surface area contributed by atoms with Gasteiger partial charge in [-0.3, -0.25) is 14.5 Å². The van der Waals surface area contributed by atoms with Gasteiger partial charge in [0.1, 0.15) is 12.6 Å². The maximum Gasteiger partial charge on any atom is 0.328 e. The molecule has 0 spiro atoms. The molecule has 6 heteroatoms. The van der Waals surface area contributed by atoms with Crippen molar-refractivity contribution in [1.29, 1.82) is 0 Å². The lowest BCUT2D eigenvalue weighted by molar-refractivity contribution is -0.132. The molecule has 1 fully saturated rings. The fourth-order valence-corrected chi connectivity index (χ4v) is 3.79. The van der Waals surface area contributed by atoms with E-state index in [1.54, 1.807) is 0 Å². The first kappa shape index (κ1) is 21.3. The van der Waals surface area contributed by atoms with Crippen LogP contribution in [0.2, 0.25) is 0 Å². The highest BCUT2D eigenvalue weighted by molar-refractivity contribution is 6.06. The molecule has 0 bridgehead atoms. The first-order valence-corrected chi connectivity index (χ1v) is 10.6. The van der Waals surface area contributed by atoms with Gasteiger partial charge in [0.05, 0.1) is 0 Å². The highest BCUT2D eigenvalue weighted by atomic mass is 16.2. The third-order valence-electron chi connectivity index (χ3n) is 5.51. The van der Waals surface area contributed by atoms with Crippen molar-refractivity contribution in [2.24, 2.45) is 0 Å². The summed E-state index contributed by atoms with van der Waals surface area (Å²) in [6, 6.07) is 25.3. The molecule has 0 radical (unpaired) electrons. The van der Waals surface area contributed by atoms with Crippen LogP contribution in [0.15, 0.2) is 84.9 Å². The molecule has 3 aromatic rings. The predicted molar refractivity (Wildman–Crippen MR) is 121 cm³/mol. The fourth-order valence-electron chi connectivity index (χ4n) is 3.79. The molecule has 6 nitrogen and oxygen atoms in total. The molecule has 1 aliphatic heterocycles. The lowest BCUT2D eigenvalue weighted by atomic mass is 10.1. The van der Waals surface area contributed by atoms with E-state index in [0.717, 1.165) is 27.2 Å². The topological polar surface area (TPSA) is 69.7 Å². The van der Waals surface area contributed by atoms with Crippen LogP contribution < -0.4 is 5.32 Å². The largest absolute Gasteiger partial charge is 0.350 e. The van der Waals surface area contributed by atoms with E-state index in [2.05, 4.69) is 5.32 Å². The smallest absolute Gasteiger partial charge is 0.328 e. The second-order valence-electron chi connectivity index (χ2n) is 7.90. The standard InChI is InChI=1S/C26H25N3O3/c1-19-12-14-20(15-13-19)16-27-23(30)18-29-25(31)24(22-10-6-3-7-11-22)28(26(29)32)17-21-8-4-2-5-9-21/h2-15,24H,16-18H2,1H3,(H,27,30). The van der Waals surface area contributed by atoms with Crippen LogP contribution >= 0.6 is 0 Å². The molecule has 3 aromatic carbocycles.